The molecule has 0 bridgehead atoms. The monoisotopic (exact) mass is 342 g/mol. The number of carbonyl (C=O) groups excluding carboxylic acids is 1. The number of anilines is 1. The van der Waals surface area contributed by atoms with E-state index >= 15 is 0 Å². The van der Waals surface area contributed by atoms with Crippen LogP contribution >= 0.6 is 34.8 Å². The lowest BCUT2D eigenvalue weighted by atomic mass is 10.4. The van der Waals surface area contributed by atoms with E-state index in [2.05, 4.69) is 4.98 Å². The molecule has 0 amide bonds. The molecule has 0 aliphatic rings. The number of nitrogens with two attached hydrogens (primary N) is 1. The molecule has 0 fully saturated rings. The van der Waals surface area contributed by atoms with Gasteiger partial charge < -0.3 is 15.2 Å². The highest BCUT2D eigenvalue weighted by molar-refractivity contribution is 6.39. The lowest BCUT2D eigenvalue weighted by molar-refractivity contribution is -0.149. The Morgan fingerprint density at radius 3 is 2.75 bits per heavy atom. The van der Waals surface area contributed by atoms with Crippen molar-refractivity contribution in [2.45, 2.75) is 13.0 Å². The van der Waals surface area contributed by atoms with Gasteiger partial charge in [0, 0.05) is 5.54 Å². The molecule has 1 heterocycles. The van der Waals surface area contributed by atoms with Gasteiger partial charge >= 0.3 is 5.97 Å². The number of esters is 1. The molecule has 2 N–H and O–H groups in total. The summed E-state index contributed by atoms with van der Waals surface area (Å²) in [6.45, 7) is 1.36. The predicted octanol–water partition coefficient (Wildman–Crippen LogP) is 3.17. The lowest BCUT2D eigenvalue weighted by Crippen LogP contribution is -2.27. The molecule has 1 rings (SSSR count). The van der Waals surface area contributed by atoms with Crippen LogP contribution in [0.1, 0.15) is 6.92 Å². The van der Waals surface area contributed by atoms with Crippen molar-refractivity contribution < 1.29 is 18.7 Å². The Labute approximate surface area is 129 Å². The third kappa shape index (κ3) is 4.13. The van der Waals surface area contributed by atoms with E-state index in [0.717, 1.165) is 0 Å². The van der Waals surface area contributed by atoms with E-state index in [1.54, 1.807) is 0 Å². The van der Waals surface area contributed by atoms with Gasteiger partial charge in [0.15, 0.2) is 6.10 Å². The normalized spacial score (nSPS) is 12.4. The fraction of sp³-hybridized carbons (Fsp3) is 0.273. The number of rotatable bonds is 5. The number of pyridine rings is 1. The summed E-state index contributed by atoms with van der Waals surface area (Å²) in [5.41, 5.74) is 6.45. The van der Waals surface area contributed by atoms with Crippen LogP contribution < -0.4 is 10.5 Å². The molecular formula is C11H10Cl3FN2O3. The van der Waals surface area contributed by atoms with Crippen LogP contribution in [0.3, 0.4) is 0 Å². The molecule has 1 aromatic heterocycles. The second kappa shape index (κ2) is 7.52. The van der Waals surface area contributed by atoms with E-state index in [1.165, 1.54) is 18.5 Å². The highest BCUT2D eigenvalue weighted by Gasteiger charge is 2.22. The van der Waals surface area contributed by atoms with Crippen molar-refractivity contribution in [1.82, 2.24) is 4.98 Å². The van der Waals surface area contributed by atoms with Crippen molar-refractivity contribution in [3.8, 4) is 5.88 Å². The zero-order chi connectivity index (χ0) is 15.3. The van der Waals surface area contributed by atoms with Gasteiger partial charge in [0.2, 0.25) is 11.8 Å². The molecule has 0 radical (unpaired) electrons. The van der Waals surface area contributed by atoms with Crippen LogP contribution in [0.4, 0.5) is 10.1 Å². The highest BCUT2D eigenvalue weighted by Crippen LogP contribution is 2.35. The molecular weight excluding hydrogens is 333 g/mol. The first kappa shape index (κ1) is 16.8. The zero-order valence-corrected chi connectivity index (χ0v) is 12.5. The largest absolute Gasteiger partial charge is 0.461 e. The molecule has 0 saturated heterocycles. The Balaban J connectivity index is 2.80. The Morgan fingerprint density at radius 2 is 2.15 bits per heavy atom. The first-order valence-corrected chi connectivity index (χ1v) is 6.46. The minimum Gasteiger partial charge on any atom is -0.461 e. The number of nitrogen functional groups attached to an aromatic ring is 1. The molecule has 0 spiro atoms. The predicted molar refractivity (Wildman–Crippen MR) is 74.7 cm³/mol. The van der Waals surface area contributed by atoms with Crippen molar-refractivity contribution in [2.24, 2.45) is 0 Å². The maximum Gasteiger partial charge on any atom is 0.347 e. The molecule has 0 saturated carbocycles. The van der Waals surface area contributed by atoms with Crippen molar-refractivity contribution in [2.75, 3.05) is 12.3 Å². The molecule has 9 heteroatoms. The summed E-state index contributed by atoms with van der Waals surface area (Å²) in [6.07, 6.45) is 0.348. The first-order valence-electron chi connectivity index (χ1n) is 5.27. The average molecular weight is 344 g/mol. The quantitative estimate of drug-likeness (QED) is 0.656. The SMILES string of the molecule is C[C@@H](Oc1nc(F)c(Cl)c(N)c1Cl)C(=O)OC/C=C/Cl. The van der Waals surface area contributed by atoms with Crippen LogP contribution in [0.2, 0.25) is 10.0 Å². The number of ether oxygens (including phenoxy) is 2. The van der Waals surface area contributed by atoms with Crippen LogP contribution in [0.15, 0.2) is 11.6 Å². The van der Waals surface area contributed by atoms with Crippen LogP contribution in [-0.4, -0.2) is 23.7 Å². The standard InChI is InChI=1S/C11H10Cl3FN2O3/c1-5(11(18)19-4-2-3-12)20-10-7(14)8(16)6(13)9(15)17-10/h2-3,5H,4H2,1H3,(H2,16,17)/b3-2+/t5-/m1/s1. The van der Waals surface area contributed by atoms with Gasteiger partial charge in [-0.3, -0.25) is 0 Å². The zero-order valence-electron chi connectivity index (χ0n) is 10.2. The Hall–Kier alpha value is -1.24. The van der Waals surface area contributed by atoms with Gasteiger partial charge in [-0.05, 0) is 13.0 Å². The molecule has 0 unspecified atom stereocenters. The highest BCUT2D eigenvalue weighted by atomic mass is 35.5. The van der Waals surface area contributed by atoms with E-state index in [-0.39, 0.29) is 23.2 Å². The fourth-order valence-corrected chi connectivity index (χ4v) is 1.53. The summed E-state index contributed by atoms with van der Waals surface area (Å²) in [7, 11) is 0. The van der Waals surface area contributed by atoms with Gasteiger partial charge in [-0.1, -0.05) is 34.8 Å². The maximum atomic E-state index is 13.3. The summed E-state index contributed by atoms with van der Waals surface area (Å²) in [5, 5.41) is -0.596. The molecule has 20 heavy (non-hydrogen) atoms. The van der Waals surface area contributed by atoms with Gasteiger partial charge in [0.1, 0.15) is 16.7 Å². The fourth-order valence-electron chi connectivity index (χ4n) is 1.09. The van der Waals surface area contributed by atoms with E-state index in [1.807, 2.05) is 0 Å². The summed E-state index contributed by atoms with van der Waals surface area (Å²) in [4.78, 5) is 14.9. The summed E-state index contributed by atoms with van der Waals surface area (Å²) in [6, 6.07) is 0. The minimum absolute atomic E-state index is 0.0195. The molecule has 1 atom stereocenters. The molecule has 0 aromatic carbocycles. The van der Waals surface area contributed by atoms with Gasteiger partial charge in [-0.15, -0.1) is 0 Å². The van der Waals surface area contributed by atoms with Gasteiger partial charge in [-0.25, -0.2) is 4.79 Å². The molecule has 5 nitrogen and oxygen atoms in total. The number of hydrogen-bond acceptors (Lipinski definition) is 5. The smallest absolute Gasteiger partial charge is 0.347 e. The second-order valence-electron chi connectivity index (χ2n) is 3.50. The van der Waals surface area contributed by atoms with E-state index in [9.17, 15) is 9.18 Å². The molecule has 0 aliphatic carbocycles. The number of aromatic nitrogens is 1. The van der Waals surface area contributed by atoms with Gasteiger partial charge in [-0.2, -0.15) is 9.37 Å². The average Bonchev–Trinajstić information content (AvgIpc) is 2.42. The summed E-state index contributed by atoms with van der Waals surface area (Å²) in [5.74, 6) is -2.09. The Kier molecular flexibility index (Phi) is 6.32. The van der Waals surface area contributed by atoms with E-state index in [0.29, 0.717) is 0 Å². The Morgan fingerprint density at radius 1 is 1.50 bits per heavy atom. The number of carbonyl (C=O) groups is 1. The van der Waals surface area contributed by atoms with Crippen molar-refractivity contribution in [3.63, 3.8) is 0 Å². The number of nitrogens with zero attached hydrogens (tertiary/aromatic N) is 1. The first-order chi connectivity index (χ1) is 9.38. The topological polar surface area (TPSA) is 74.4 Å². The summed E-state index contributed by atoms with van der Waals surface area (Å²) < 4.78 is 23.2. The Bertz CT molecular complexity index is 540. The number of hydrogen-bond donors (Lipinski definition) is 1. The van der Waals surface area contributed by atoms with Crippen molar-refractivity contribution >= 4 is 46.5 Å². The van der Waals surface area contributed by atoms with Crippen molar-refractivity contribution in [1.29, 1.82) is 0 Å². The molecule has 1 aromatic rings. The minimum atomic E-state index is -1.07. The molecule has 110 valence electrons. The summed E-state index contributed by atoms with van der Waals surface area (Å²) >= 11 is 16.6. The third-order valence-electron chi connectivity index (χ3n) is 2.07. The van der Waals surface area contributed by atoms with Crippen molar-refractivity contribution in [3.05, 3.63) is 27.6 Å². The lowest BCUT2D eigenvalue weighted by Gasteiger charge is -2.14. The van der Waals surface area contributed by atoms with Crippen LogP contribution in [0, 0.1) is 5.95 Å². The number of halogens is 4. The van der Waals surface area contributed by atoms with Crippen LogP contribution in [0.5, 0.6) is 5.88 Å². The van der Waals surface area contributed by atoms with Crippen LogP contribution in [-0.2, 0) is 9.53 Å². The van der Waals surface area contributed by atoms with Crippen LogP contribution in [0.25, 0.3) is 0 Å². The molecule has 0 aliphatic heterocycles. The second-order valence-corrected chi connectivity index (χ2v) is 4.51. The van der Waals surface area contributed by atoms with E-state index in [4.69, 9.17) is 50.0 Å². The third-order valence-corrected chi connectivity index (χ3v) is 2.98. The van der Waals surface area contributed by atoms with E-state index < -0.39 is 23.0 Å². The maximum absolute atomic E-state index is 13.3. The van der Waals surface area contributed by atoms with Gasteiger partial charge in [0.25, 0.3) is 0 Å². The van der Waals surface area contributed by atoms with Gasteiger partial charge in [0.05, 0.1) is 5.69 Å².